The lowest BCUT2D eigenvalue weighted by Gasteiger charge is -2.21. The number of nitrogens with zero attached hydrogens (tertiary/aromatic N) is 2. The smallest absolute Gasteiger partial charge is 0.159 e. The molecule has 0 spiro atoms. The second-order valence-electron chi connectivity index (χ2n) is 5.02. The van der Waals surface area contributed by atoms with E-state index in [9.17, 15) is 0 Å². The highest BCUT2D eigenvalue weighted by Gasteiger charge is 2.39. The molecular formula is C11H16BrN3. The fourth-order valence-electron chi connectivity index (χ4n) is 3.35. The van der Waals surface area contributed by atoms with Gasteiger partial charge in [-0.1, -0.05) is 6.42 Å². The van der Waals surface area contributed by atoms with Crippen LogP contribution in [0.1, 0.15) is 25.7 Å². The quantitative estimate of drug-likeness (QED) is 0.897. The van der Waals surface area contributed by atoms with E-state index in [1.165, 1.54) is 25.7 Å². The van der Waals surface area contributed by atoms with Gasteiger partial charge in [0.2, 0.25) is 0 Å². The van der Waals surface area contributed by atoms with Gasteiger partial charge in [0.15, 0.2) is 5.82 Å². The highest BCUT2D eigenvalue weighted by molar-refractivity contribution is 9.10. The van der Waals surface area contributed by atoms with Crippen molar-refractivity contribution in [1.29, 1.82) is 0 Å². The molecule has 3 nitrogen and oxygen atoms in total. The van der Waals surface area contributed by atoms with Crippen molar-refractivity contribution in [1.82, 2.24) is 9.78 Å². The Kier molecular flexibility index (Phi) is 2.27. The van der Waals surface area contributed by atoms with Crippen LogP contribution in [0.2, 0.25) is 0 Å². The maximum Gasteiger partial charge on any atom is 0.159 e. The van der Waals surface area contributed by atoms with Crippen LogP contribution in [0.15, 0.2) is 10.7 Å². The largest absolute Gasteiger partial charge is 0.381 e. The summed E-state index contributed by atoms with van der Waals surface area (Å²) in [5.41, 5.74) is 5.71. The molecule has 2 bridgehead atoms. The van der Waals surface area contributed by atoms with Crippen molar-refractivity contribution in [3.8, 4) is 0 Å². The van der Waals surface area contributed by atoms with Crippen molar-refractivity contribution in [2.45, 2.75) is 32.2 Å². The Morgan fingerprint density at radius 1 is 1.47 bits per heavy atom. The van der Waals surface area contributed by atoms with Crippen LogP contribution in [-0.4, -0.2) is 9.78 Å². The molecule has 2 aliphatic rings. The monoisotopic (exact) mass is 269 g/mol. The zero-order chi connectivity index (χ0) is 10.4. The van der Waals surface area contributed by atoms with Gasteiger partial charge in [-0.3, -0.25) is 4.68 Å². The number of halogens is 1. The van der Waals surface area contributed by atoms with E-state index >= 15 is 0 Å². The van der Waals surface area contributed by atoms with Gasteiger partial charge in [-0.05, 0) is 52.9 Å². The van der Waals surface area contributed by atoms with Crippen LogP contribution in [0.3, 0.4) is 0 Å². The number of nitrogen functional groups attached to an aromatic ring is 1. The van der Waals surface area contributed by atoms with Gasteiger partial charge in [0, 0.05) is 12.7 Å². The number of nitrogens with two attached hydrogens (primary N) is 1. The van der Waals surface area contributed by atoms with Crippen molar-refractivity contribution in [2.75, 3.05) is 5.73 Å². The Morgan fingerprint density at radius 3 is 2.87 bits per heavy atom. The van der Waals surface area contributed by atoms with E-state index in [4.69, 9.17) is 5.73 Å². The number of rotatable bonds is 2. The first-order valence-corrected chi connectivity index (χ1v) is 6.50. The first-order valence-electron chi connectivity index (χ1n) is 5.71. The maximum absolute atomic E-state index is 5.71. The summed E-state index contributed by atoms with van der Waals surface area (Å²) in [6, 6.07) is 0. The summed E-state index contributed by atoms with van der Waals surface area (Å²) in [5.74, 6) is 3.42. The van der Waals surface area contributed by atoms with Gasteiger partial charge in [-0.15, -0.1) is 0 Å². The first-order chi connectivity index (χ1) is 7.22. The molecule has 0 radical (unpaired) electrons. The first kappa shape index (κ1) is 9.70. The molecular weight excluding hydrogens is 254 g/mol. The van der Waals surface area contributed by atoms with Crippen molar-refractivity contribution in [2.24, 2.45) is 17.8 Å². The average molecular weight is 270 g/mol. The molecule has 2 N–H and O–H groups in total. The van der Waals surface area contributed by atoms with Crippen molar-refractivity contribution < 1.29 is 0 Å². The summed E-state index contributed by atoms with van der Waals surface area (Å²) < 4.78 is 2.93. The maximum atomic E-state index is 5.71. The van der Waals surface area contributed by atoms with Gasteiger partial charge in [0.05, 0.1) is 4.47 Å². The summed E-state index contributed by atoms with van der Waals surface area (Å²) in [6.45, 7) is 1.05. The van der Waals surface area contributed by atoms with Gasteiger partial charge in [-0.25, -0.2) is 0 Å². The Hall–Kier alpha value is -0.510. The van der Waals surface area contributed by atoms with Crippen LogP contribution >= 0.6 is 15.9 Å². The molecule has 0 saturated heterocycles. The summed E-state index contributed by atoms with van der Waals surface area (Å²) in [4.78, 5) is 0. The molecule has 0 aromatic carbocycles. The molecule has 2 fully saturated rings. The highest BCUT2D eigenvalue weighted by Crippen LogP contribution is 2.48. The molecule has 15 heavy (non-hydrogen) atoms. The Labute approximate surface area is 98.2 Å². The standard InChI is InChI=1S/C11H16BrN3/c12-10-6-15(14-11(10)13)5-9-4-7-1-2-8(9)3-7/h6-9H,1-5H2,(H2,13,14). The number of aromatic nitrogens is 2. The molecule has 4 heteroatoms. The third-order valence-electron chi connectivity index (χ3n) is 4.05. The van der Waals surface area contributed by atoms with Crippen LogP contribution in [0.5, 0.6) is 0 Å². The molecule has 0 amide bonds. The van der Waals surface area contributed by atoms with Gasteiger partial charge >= 0.3 is 0 Å². The molecule has 3 unspecified atom stereocenters. The zero-order valence-corrected chi connectivity index (χ0v) is 10.3. The minimum atomic E-state index is 0.609. The highest BCUT2D eigenvalue weighted by atomic mass is 79.9. The molecule has 1 heterocycles. The SMILES string of the molecule is Nc1nn(CC2CC3CCC2C3)cc1Br. The van der Waals surface area contributed by atoms with Crippen LogP contribution < -0.4 is 5.73 Å². The van der Waals surface area contributed by atoms with Crippen molar-refractivity contribution >= 4 is 21.7 Å². The van der Waals surface area contributed by atoms with E-state index in [0.29, 0.717) is 5.82 Å². The topological polar surface area (TPSA) is 43.8 Å². The molecule has 1 aromatic heterocycles. The molecule has 1 aromatic rings. The molecule has 3 atom stereocenters. The van der Waals surface area contributed by atoms with Gasteiger partial charge in [0.25, 0.3) is 0 Å². The minimum Gasteiger partial charge on any atom is -0.381 e. The fourth-order valence-corrected chi connectivity index (χ4v) is 3.66. The van der Waals surface area contributed by atoms with Crippen LogP contribution in [0, 0.1) is 17.8 Å². The Bertz CT molecular complexity index is 354. The Morgan fingerprint density at radius 2 is 2.33 bits per heavy atom. The van der Waals surface area contributed by atoms with E-state index in [2.05, 4.69) is 21.0 Å². The lowest BCUT2D eigenvalue weighted by molar-refractivity contribution is 0.286. The predicted octanol–water partition coefficient (Wildman–Crippen LogP) is 2.66. The van der Waals surface area contributed by atoms with Gasteiger partial charge in [-0.2, -0.15) is 5.10 Å². The summed E-state index contributed by atoms with van der Waals surface area (Å²) in [5, 5.41) is 4.30. The third kappa shape index (κ3) is 1.69. The van der Waals surface area contributed by atoms with E-state index in [1.54, 1.807) is 0 Å². The number of anilines is 1. The number of hydrogen-bond donors (Lipinski definition) is 1. The molecule has 3 rings (SSSR count). The van der Waals surface area contributed by atoms with E-state index in [-0.39, 0.29) is 0 Å². The van der Waals surface area contributed by atoms with Gasteiger partial charge in [0.1, 0.15) is 0 Å². The lowest BCUT2D eigenvalue weighted by Crippen LogP contribution is -2.17. The average Bonchev–Trinajstić information content (AvgIpc) is 2.84. The van der Waals surface area contributed by atoms with Gasteiger partial charge < -0.3 is 5.73 Å². The summed E-state index contributed by atoms with van der Waals surface area (Å²) in [6.07, 6.45) is 7.77. The Balaban J connectivity index is 1.70. The lowest BCUT2D eigenvalue weighted by atomic mass is 9.89. The van der Waals surface area contributed by atoms with Crippen molar-refractivity contribution in [3.05, 3.63) is 10.7 Å². The van der Waals surface area contributed by atoms with E-state index < -0.39 is 0 Å². The van der Waals surface area contributed by atoms with Crippen LogP contribution in [0.4, 0.5) is 5.82 Å². The fraction of sp³-hybridized carbons (Fsp3) is 0.727. The molecule has 2 aliphatic carbocycles. The zero-order valence-electron chi connectivity index (χ0n) is 8.69. The van der Waals surface area contributed by atoms with Crippen LogP contribution in [-0.2, 0) is 6.54 Å². The summed E-state index contributed by atoms with van der Waals surface area (Å²) >= 11 is 3.40. The van der Waals surface area contributed by atoms with E-state index in [1.807, 2.05) is 10.9 Å². The molecule has 82 valence electrons. The number of fused-ring (bicyclic) bond motifs is 2. The van der Waals surface area contributed by atoms with Crippen LogP contribution in [0.25, 0.3) is 0 Å². The molecule has 2 saturated carbocycles. The third-order valence-corrected chi connectivity index (χ3v) is 4.66. The second kappa shape index (κ2) is 3.51. The van der Waals surface area contributed by atoms with E-state index in [0.717, 1.165) is 28.8 Å². The minimum absolute atomic E-state index is 0.609. The summed E-state index contributed by atoms with van der Waals surface area (Å²) in [7, 11) is 0. The predicted molar refractivity (Wildman–Crippen MR) is 63.3 cm³/mol. The molecule has 0 aliphatic heterocycles. The number of hydrogen-bond acceptors (Lipinski definition) is 2. The second-order valence-corrected chi connectivity index (χ2v) is 5.87. The van der Waals surface area contributed by atoms with Crippen molar-refractivity contribution in [3.63, 3.8) is 0 Å². The normalized spacial score (nSPS) is 33.8.